The minimum Gasteiger partial charge on any atom is -0.367 e. The molecule has 1 rings (SSSR count). The van der Waals surface area contributed by atoms with Crippen molar-refractivity contribution in [1.82, 2.24) is 20.3 Å². The molecule has 104 valence electrons. The first-order valence-corrected chi connectivity index (χ1v) is 5.71. The molecule has 18 heavy (non-hydrogen) atoms. The topological polar surface area (TPSA) is 52.0 Å². The van der Waals surface area contributed by atoms with Gasteiger partial charge < -0.3 is 10.1 Å². The molecule has 1 heterocycles. The summed E-state index contributed by atoms with van der Waals surface area (Å²) in [4.78, 5) is 0. The lowest BCUT2D eigenvalue weighted by Crippen LogP contribution is -2.29. The van der Waals surface area contributed by atoms with E-state index in [1.807, 2.05) is 6.92 Å². The second-order valence-electron chi connectivity index (χ2n) is 3.81. The van der Waals surface area contributed by atoms with Gasteiger partial charge in [0.05, 0.1) is 18.8 Å². The van der Waals surface area contributed by atoms with E-state index in [0.717, 1.165) is 19.2 Å². The summed E-state index contributed by atoms with van der Waals surface area (Å²) in [6.07, 6.45) is -4.40. The van der Waals surface area contributed by atoms with Crippen molar-refractivity contribution in [3.05, 3.63) is 11.9 Å². The predicted molar refractivity (Wildman–Crippen MR) is 58.9 cm³/mol. The van der Waals surface area contributed by atoms with Gasteiger partial charge >= 0.3 is 6.18 Å². The van der Waals surface area contributed by atoms with E-state index in [0.29, 0.717) is 6.54 Å². The highest BCUT2D eigenvalue weighted by molar-refractivity contribution is 4.91. The van der Waals surface area contributed by atoms with Crippen LogP contribution in [0, 0.1) is 0 Å². The maximum absolute atomic E-state index is 12.2. The first-order chi connectivity index (χ1) is 8.43. The van der Waals surface area contributed by atoms with E-state index in [1.54, 1.807) is 6.20 Å². The summed E-state index contributed by atoms with van der Waals surface area (Å²) in [5.74, 6) is 0. The van der Waals surface area contributed by atoms with Crippen molar-refractivity contribution in [1.29, 1.82) is 0 Å². The number of hydrogen-bond acceptors (Lipinski definition) is 4. The van der Waals surface area contributed by atoms with Crippen molar-refractivity contribution in [2.75, 3.05) is 13.2 Å². The fourth-order valence-corrected chi connectivity index (χ4v) is 1.20. The molecule has 1 N–H and O–H groups in total. The van der Waals surface area contributed by atoms with E-state index in [1.165, 1.54) is 4.68 Å². The minimum atomic E-state index is -4.32. The van der Waals surface area contributed by atoms with E-state index in [4.69, 9.17) is 0 Å². The monoisotopic (exact) mass is 266 g/mol. The number of hydrogen-bond donors (Lipinski definition) is 1. The number of nitrogens with one attached hydrogen (secondary N) is 1. The number of nitrogens with zero attached hydrogens (tertiary/aromatic N) is 3. The smallest absolute Gasteiger partial charge is 0.367 e. The van der Waals surface area contributed by atoms with Gasteiger partial charge in [-0.05, 0) is 13.5 Å². The van der Waals surface area contributed by atoms with Gasteiger partial charge in [0.1, 0.15) is 0 Å². The highest BCUT2D eigenvalue weighted by Gasteiger charge is 2.36. The van der Waals surface area contributed by atoms with Gasteiger partial charge in [-0.2, -0.15) is 13.2 Å². The zero-order valence-electron chi connectivity index (χ0n) is 10.4. The molecule has 1 aromatic rings. The second-order valence-corrected chi connectivity index (χ2v) is 3.81. The van der Waals surface area contributed by atoms with Crippen molar-refractivity contribution >= 4 is 0 Å². The van der Waals surface area contributed by atoms with Crippen LogP contribution in [0.4, 0.5) is 13.2 Å². The van der Waals surface area contributed by atoms with Gasteiger partial charge in [0.2, 0.25) is 0 Å². The molecule has 8 heteroatoms. The van der Waals surface area contributed by atoms with E-state index < -0.39 is 12.3 Å². The van der Waals surface area contributed by atoms with Gasteiger partial charge in [0.15, 0.2) is 6.10 Å². The number of ether oxygens (including phenoxy) is 1. The summed E-state index contributed by atoms with van der Waals surface area (Å²) in [5.41, 5.74) is 0.751. The number of halogens is 3. The van der Waals surface area contributed by atoms with Gasteiger partial charge in [-0.25, -0.2) is 4.68 Å². The lowest BCUT2D eigenvalue weighted by molar-refractivity contribution is -0.214. The molecular formula is C10H17F3N4O. The van der Waals surface area contributed by atoms with Crippen LogP contribution in [-0.2, 0) is 17.8 Å². The van der Waals surface area contributed by atoms with Crippen LogP contribution in [0.3, 0.4) is 0 Å². The maximum atomic E-state index is 12.2. The van der Waals surface area contributed by atoms with Crippen LogP contribution in [0.25, 0.3) is 0 Å². The summed E-state index contributed by atoms with van der Waals surface area (Å²) in [7, 11) is 0. The van der Waals surface area contributed by atoms with Gasteiger partial charge in [0.25, 0.3) is 0 Å². The Morgan fingerprint density at radius 2 is 2.22 bits per heavy atom. The highest BCUT2D eigenvalue weighted by atomic mass is 19.4. The SMILES string of the molecule is CCNCc1cn(CCOC(C)C(F)(F)F)nn1. The van der Waals surface area contributed by atoms with Gasteiger partial charge in [-0.1, -0.05) is 12.1 Å². The van der Waals surface area contributed by atoms with E-state index in [2.05, 4.69) is 20.4 Å². The third kappa shape index (κ3) is 5.01. The fourth-order valence-electron chi connectivity index (χ4n) is 1.20. The van der Waals surface area contributed by atoms with Crippen molar-refractivity contribution in [2.24, 2.45) is 0 Å². The molecule has 0 saturated carbocycles. The maximum Gasteiger partial charge on any atom is 0.414 e. The molecule has 5 nitrogen and oxygen atoms in total. The predicted octanol–water partition coefficient (Wildman–Crippen LogP) is 1.35. The molecule has 0 bridgehead atoms. The average Bonchev–Trinajstić information content (AvgIpc) is 2.73. The summed E-state index contributed by atoms with van der Waals surface area (Å²) in [6.45, 7) is 4.56. The molecule has 0 spiro atoms. The fraction of sp³-hybridized carbons (Fsp3) is 0.800. The molecule has 0 aliphatic carbocycles. The molecule has 1 aromatic heterocycles. The van der Waals surface area contributed by atoms with Crippen LogP contribution < -0.4 is 5.32 Å². The molecule has 0 saturated heterocycles. The van der Waals surface area contributed by atoms with E-state index in [-0.39, 0.29) is 13.2 Å². The Hall–Kier alpha value is -1.15. The summed E-state index contributed by atoms with van der Waals surface area (Å²) in [6, 6.07) is 0. The molecule has 1 unspecified atom stereocenters. The Bertz CT molecular complexity index is 353. The zero-order chi connectivity index (χ0) is 13.6. The normalized spacial score (nSPS) is 13.8. The van der Waals surface area contributed by atoms with Crippen LogP contribution in [0.2, 0.25) is 0 Å². The van der Waals surface area contributed by atoms with E-state index in [9.17, 15) is 13.2 Å². The first kappa shape index (κ1) is 14.9. The third-order valence-electron chi connectivity index (χ3n) is 2.29. The number of rotatable bonds is 7. The second kappa shape index (κ2) is 6.69. The Kier molecular flexibility index (Phi) is 5.54. The van der Waals surface area contributed by atoms with Crippen molar-refractivity contribution in [3.63, 3.8) is 0 Å². The molecule has 0 aliphatic rings. The van der Waals surface area contributed by atoms with Crippen LogP contribution in [0.1, 0.15) is 19.5 Å². The molecule has 0 aromatic carbocycles. The molecule has 0 radical (unpaired) electrons. The Labute approximate surface area is 103 Å². The van der Waals surface area contributed by atoms with Crippen LogP contribution in [0.5, 0.6) is 0 Å². The Morgan fingerprint density at radius 1 is 1.50 bits per heavy atom. The quantitative estimate of drug-likeness (QED) is 0.809. The zero-order valence-corrected chi connectivity index (χ0v) is 10.4. The largest absolute Gasteiger partial charge is 0.414 e. The number of alkyl halides is 3. The molecular weight excluding hydrogens is 249 g/mol. The number of aromatic nitrogens is 3. The lowest BCUT2D eigenvalue weighted by Gasteiger charge is -2.15. The van der Waals surface area contributed by atoms with Crippen LogP contribution in [0.15, 0.2) is 6.20 Å². The first-order valence-electron chi connectivity index (χ1n) is 5.71. The van der Waals surface area contributed by atoms with Crippen molar-refractivity contribution in [3.8, 4) is 0 Å². The van der Waals surface area contributed by atoms with Gasteiger partial charge in [-0.15, -0.1) is 5.10 Å². The standard InChI is InChI=1S/C10H17F3N4O/c1-3-14-6-9-7-17(16-15-9)4-5-18-8(2)10(11,12)13/h7-8,14H,3-6H2,1-2H3. The third-order valence-corrected chi connectivity index (χ3v) is 2.29. The lowest BCUT2D eigenvalue weighted by atomic mass is 10.4. The summed E-state index contributed by atoms with van der Waals surface area (Å²) >= 11 is 0. The molecule has 0 amide bonds. The minimum absolute atomic E-state index is 0.0509. The van der Waals surface area contributed by atoms with Crippen LogP contribution in [-0.4, -0.2) is 40.4 Å². The van der Waals surface area contributed by atoms with Crippen molar-refractivity contribution < 1.29 is 17.9 Å². The van der Waals surface area contributed by atoms with Gasteiger partial charge in [-0.3, -0.25) is 0 Å². The summed E-state index contributed by atoms with van der Waals surface area (Å²) < 4.78 is 42.6. The molecule has 0 fully saturated rings. The average molecular weight is 266 g/mol. The van der Waals surface area contributed by atoms with Gasteiger partial charge in [0, 0.05) is 12.7 Å². The van der Waals surface area contributed by atoms with Crippen molar-refractivity contribution in [2.45, 2.75) is 39.2 Å². The molecule has 1 atom stereocenters. The highest BCUT2D eigenvalue weighted by Crippen LogP contribution is 2.22. The Morgan fingerprint density at radius 3 is 2.83 bits per heavy atom. The molecule has 0 aliphatic heterocycles. The summed E-state index contributed by atoms with van der Waals surface area (Å²) in [5, 5.41) is 10.7. The van der Waals surface area contributed by atoms with E-state index >= 15 is 0 Å². The Balaban J connectivity index is 2.29. The van der Waals surface area contributed by atoms with Crippen LogP contribution >= 0.6 is 0 Å².